The van der Waals surface area contributed by atoms with Gasteiger partial charge < -0.3 is 10.1 Å². The Morgan fingerprint density at radius 1 is 1.23 bits per heavy atom. The van der Waals surface area contributed by atoms with E-state index in [1.54, 1.807) is 44.4 Å². The lowest BCUT2D eigenvalue weighted by Crippen LogP contribution is -2.49. The summed E-state index contributed by atoms with van der Waals surface area (Å²) in [5.74, 6) is -0.838. The normalized spacial score (nSPS) is 15.7. The molecule has 0 saturated carbocycles. The summed E-state index contributed by atoms with van der Waals surface area (Å²) in [4.78, 5) is 39.6. The van der Waals surface area contributed by atoms with E-state index >= 15 is 0 Å². The van der Waals surface area contributed by atoms with Crippen molar-refractivity contribution in [3.63, 3.8) is 0 Å². The number of hydrogen-bond donors (Lipinski definition) is 1. The van der Waals surface area contributed by atoms with E-state index in [2.05, 4.69) is 20.3 Å². The SMILES string of the molecule is Cc1cnc2c(c1)OC[C@H](NC(=O)c1ncc(C)c(-c3ccccc3F)n1)C(=O)N2C. The van der Waals surface area contributed by atoms with Gasteiger partial charge in [-0.2, -0.15) is 0 Å². The standard InChI is InChI=1S/C22H20FN5O3/c1-12-8-17-20(25-9-12)28(3)22(30)16(11-31-17)26-21(29)19-24-10-13(2)18(27-19)14-6-4-5-7-15(14)23/h4-10,16H,11H2,1-3H3,(H,26,29)/t16-/m0/s1. The summed E-state index contributed by atoms with van der Waals surface area (Å²) in [7, 11) is 1.57. The number of nitrogens with one attached hydrogen (secondary N) is 1. The molecule has 158 valence electrons. The number of halogens is 1. The van der Waals surface area contributed by atoms with Gasteiger partial charge in [-0.05, 0) is 43.2 Å². The molecule has 0 aliphatic carbocycles. The zero-order chi connectivity index (χ0) is 22.1. The van der Waals surface area contributed by atoms with E-state index < -0.39 is 17.8 Å². The van der Waals surface area contributed by atoms with E-state index in [9.17, 15) is 14.0 Å². The molecule has 2 amide bonds. The van der Waals surface area contributed by atoms with Crippen molar-refractivity contribution in [2.24, 2.45) is 0 Å². The predicted molar refractivity (Wildman–Crippen MR) is 111 cm³/mol. The van der Waals surface area contributed by atoms with Crippen LogP contribution in [0.3, 0.4) is 0 Å². The lowest BCUT2D eigenvalue weighted by atomic mass is 10.1. The van der Waals surface area contributed by atoms with Gasteiger partial charge in [-0.15, -0.1) is 0 Å². The molecule has 8 nitrogen and oxygen atoms in total. The Hall–Kier alpha value is -3.88. The summed E-state index contributed by atoms with van der Waals surface area (Å²) < 4.78 is 19.9. The summed E-state index contributed by atoms with van der Waals surface area (Å²) in [5.41, 5.74) is 2.08. The van der Waals surface area contributed by atoms with Gasteiger partial charge in [-0.25, -0.2) is 19.3 Å². The van der Waals surface area contributed by atoms with Crippen LogP contribution in [0.2, 0.25) is 0 Å². The topological polar surface area (TPSA) is 97.3 Å². The number of aromatic nitrogens is 3. The predicted octanol–water partition coefficient (Wildman–Crippen LogP) is 2.45. The molecule has 0 fully saturated rings. The number of amides is 2. The van der Waals surface area contributed by atoms with Crippen LogP contribution in [0.5, 0.6) is 5.75 Å². The highest BCUT2D eigenvalue weighted by Crippen LogP contribution is 2.29. The average molecular weight is 421 g/mol. The minimum absolute atomic E-state index is 0.0704. The Morgan fingerprint density at radius 2 is 2.00 bits per heavy atom. The average Bonchev–Trinajstić information content (AvgIpc) is 2.86. The minimum Gasteiger partial charge on any atom is -0.487 e. The van der Waals surface area contributed by atoms with Gasteiger partial charge in [0.15, 0.2) is 11.6 Å². The zero-order valence-electron chi connectivity index (χ0n) is 17.2. The summed E-state index contributed by atoms with van der Waals surface area (Å²) in [5, 5.41) is 2.62. The third-order valence-electron chi connectivity index (χ3n) is 4.93. The first kappa shape index (κ1) is 20.4. The quantitative estimate of drug-likeness (QED) is 0.698. The number of hydrogen-bond acceptors (Lipinski definition) is 6. The molecule has 1 aromatic carbocycles. The Balaban J connectivity index is 1.58. The lowest BCUT2D eigenvalue weighted by Gasteiger charge is -2.19. The van der Waals surface area contributed by atoms with E-state index in [4.69, 9.17) is 4.74 Å². The highest BCUT2D eigenvalue weighted by Gasteiger charge is 2.32. The lowest BCUT2D eigenvalue weighted by molar-refractivity contribution is -0.120. The number of pyridine rings is 1. The number of fused-ring (bicyclic) bond motifs is 1. The number of carbonyl (C=O) groups is 2. The number of ether oxygens (including phenoxy) is 1. The summed E-state index contributed by atoms with van der Waals surface area (Å²) >= 11 is 0. The van der Waals surface area contributed by atoms with Crippen molar-refractivity contribution in [3.8, 4) is 17.0 Å². The Morgan fingerprint density at radius 3 is 2.77 bits per heavy atom. The van der Waals surface area contributed by atoms with Crippen LogP contribution in [0.1, 0.15) is 21.7 Å². The second-order valence-corrected chi connectivity index (χ2v) is 7.27. The molecule has 1 atom stereocenters. The fraction of sp³-hybridized carbons (Fsp3) is 0.227. The molecule has 1 aliphatic rings. The first-order valence-corrected chi connectivity index (χ1v) is 9.61. The molecule has 1 aliphatic heterocycles. The minimum atomic E-state index is -0.964. The van der Waals surface area contributed by atoms with E-state index in [1.807, 2.05) is 6.92 Å². The van der Waals surface area contributed by atoms with Crippen molar-refractivity contribution in [1.82, 2.24) is 20.3 Å². The molecule has 31 heavy (non-hydrogen) atoms. The van der Waals surface area contributed by atoms with Crippen LogP contribution in [0.4, 0.5) is 10.2 Å². The molecule has 4 rings (SSSR count). The molecule has 0 bridgehead atoms. The van der Waals surface area contributed by atoms with Crippen LogP contribution in [0, 0.1) is 19.7 Å². The maximum Gasteiger partial charge on any atom is 0.289 e. The van der Waals surface area contributed by atoms with Gasteiger partial charge >= 0.3 is 0 Å². The molecular formula is C22H20FN5O3. The van der Waals surface area contributed by atoms with E-state index in [-0.39, 0.29) is 23.9 Å². The molecule has 0 unspecified atom stereocenters. The van der Waals surface area contributed by atoms with Gasteiger partial charge in [-0.3, -0.25) is 14.5 Å². The van der Waals surface area contributed by atoms with Crippen LogP contribution >= 0.6 is 0 Å². The van der Waals surface area contributed by atoms with Crippen LogP contribution < -0.4 is 15.0 Å². The van der Waals surface area contributed by atoms with E-state index in [0.717, 1.165) is 5.56 Å². The third kappa shape index (κ3) is 3.94. The molecule has 1 N–H and O–H groups in total. The molecule has 2 aromatic heterocycles. The maximum atomic E-state index is 14.2. The van der Waals surface area contributed by atoms with Crippen molar-refractivity contribution >= 4 is 17.6 Å². The highest BCUT2D eigenvalue weighted by molar-refractivity contribution is 6.01. The van der Waals surface area contributed by atoms with E-state index in [1.165, 1.54) is 17.2 Å². The van der Waals surface area contributed by atoms with Crippen LogP contribution in [0.25, 0.3) is 11.3 Å². The number of anilines is 1. The second-order valence-electron chi connectivity index (χ2n) is 7.27. The van der Waals surface area contributed by atoms with Crippen LogP contribution in [0.15, 0.2) is 42.7 Å². The fourth-order valence-corrected chi connectivity index (χ4v) is 3.28. The van der Waals surface area contributed by atoms with Crippen LogP contribution in [-0.4, -0.2) is 46.5 Å². The van der Waals surface area contributed by atoms with Crippen molar-refractivity contribution in [3.05, 3.63) is 65.5 Å². The van der Waals surface area contributed by atoms with Crippen molar-refractivity contribution in [2.75, 3.05) is 18.6 Å². The second kappa shape index (κ2) is 8.10. The summed E-state index contributed by atoms with van der Waals surface area (Å²) in [6.45, 7) is 3.52. The largest absolute Gasteiger partial charge is 0.487 e. The first-order chi connectivity index (χ1) is 14.8. The summed E-state index contributed by atoms with van der Waals surface area (Å²) in [6, 6.07) is 6.97. The van der Waals surface area contributed by atoms with Crippen LogP contribution in [-0.2, 0) is 4.79 Å². The number of nitrogens with zero attached hydrogens (tertiary/aromatic N) is 4. The summed E-state index contributed by atoms with van der Waals surface area (Å²) in [6.07, 6.45) is 3.08. The number of rotatable bonds is 3. The molecular weight excluding hydrogens is 401 g/mol. The molecule has 9 heteroatoms. The molecule has 3 heterocycles. The van der Waals surface area contributed by atoms with Crippen molar-refractivity contribution < 1.29 is 18.7 Å². The number of likely N-dealkylation sites (N-methyl/N-ethyl adjacent to an activating group) is 1. The highest BCUT2D eigenvalue weighted by atomic mass is 19.1. The molecule has 0 radical (unpaired) electrons. The van der Waals surface area contributed by atoms with E-state index in [0.29, 0.717) is 22.8 Å². The first-order valence-electron chi connectivity index (χ1n) is 9.61. The Kier molecular flexibility index (Phi) is 5.33. The monoisotopic (exact) mass is 421 g/mol. The fourth-order valence-electron chi connectivity index (χ4n) is 3.28. The van der Waals surface area contributed by atoms with Gasteiger partial charge in [0.2, 0.25) is 5.82 Å². The smallest absolute Gasteiger partial charge is 0.289 e. The van der Waals surface area contributed by atoms with Gasteiger partial charge in [0, 0.05) is 25.0 Å². The molecule has 0 saturated heterocycles. The van der Waals surface area contributed by atoms with Gasteiger partial charge in [0.25, 0.3) is 11.8 Å². The van der Waals surface area contributed by atoms with Crippen molar-refractivity contribution in [2.45, 2.75) is 19.9 Å². The van der Waals surface area contributed by atoms with Gasteiger partial charge in [0.05, 0.1) is 5.69 Å². The Labute approximate surface area is 178 Å². The third-order valence-corrected chi connectivity index (χ3v) is 4.93. The molecule has 0 spiro atoms. The number of aryl methyl sites for hydroxylation is 2. The number of carbonyl (C=O) groups excluding carboxylic acids is 2. The van der Waals surface area contributed by atoms with Gasteiger partial charge in [0.1, 0.15) is 18.5 Å². The Bertz CT molecular complexity index is 1180. The maximum absolute atomic E-state index is 14.2. The zero-order valence-corrected chi connectivity index (χ0v) is 17.2. The molecule has 3 aromatic rings. The van der Waals surface area contributed by atoms with Crippen molar-refractivity contribution in [1.29, 1.82) is 0 Å². The van der Waals surface area contributed by atoms with Gasteiger partial charge in [-0.1, -0.05) is 12.1 Å². The number of benzene rings is 1.